The van der Waals surface area contributed by atoms with E-state index in [-0.39, 0.29) is 0 Å². The van der Waals surface area contributed by atoms with Crippen LogP contribution in [0, 0.1) is 6.92 Å². The van der Waals surface area contributed by atoms with Crippen molar-refractivity contribution in [1.29, 1.82) is 0 Å². The summed E-state index contributed by atoms with van der Waals surface area (Å²) in [6, 6.07) is 0. The van der Waals surface area contributed by atoms with Crippen molar-refractivity contribution in [3.63, 3.8) is 0 Å². The molecule has 3 heteroatoms. The molecule has 0 aliphatic heterocycles. The monoisotopic (exact) mass is 114 g/mol. The van der Waals surface area contributed by atoms with Crippen LogP contribution in [0.4, 0.5) is 0 Å². The van der Waals surface area contributed by atoms with E-state index < -0.39 is 0 Å². The van der Waals surface area contributed by atoms with Gasteiger partial charge >= 0.3 is 0 Å². The highest BCUT2D eigenvalue weighted by Gasteiger charge is 1.93. The first-order valence-electron chi connectivity index (χ1n) is 1.88. The van der Waals surface area contributed by atoms with Crippen molar-refractivity contribution in [1.82, 2.24) is 4.98 Å². The Hall–Kier alpha value is -0.570. The second-order valence-corrected chi connectivity index (χ2v) is 1.60. The second kappa shape index (κ2) is 1.50. The van der Waals surface area contributed by atoms with Crippen LogP contribution in [0.5, 0.6) is 0 Å². The van der Waals surface area contributed by atoms with Gasteiger partial charge in [0.1, 0.15) is 0 Å². The summed E-state index contributed by atoms with van der Waals surface area (Å²) in [6.45, 7) is 1.81. The minimum Gasteiger partial charge on any atom is -0.432 e. The Morgan fingerprint density at radius 1 is 1.86 bits per heavy atom. The third kappa shape index (κ3) is 0.718. The van der Waals surface area contributed by atoms with Crippen molar-refractivity contribution in [2.24, 2.45) is 0 Å². The lowest BCUT2D eigenvalue weighted by molar-refractivity contribution is 0.469. The van der Waals surface area contributed by atoms with Crippen LogP contribution < -0.4 is 0 Å². The summed E-state index contributed by atoms with van der Waals surface area (Å²) in [6.07, 6.45) is 1.34. The fourth-order valence-electron chi connectivity index (χ4n) is 0.291. The molecule has 7 heavy (non-hydrogen) atoms. The molecule has 0 atom stereocenters. The fourth-order valence-corrected chi connectivity index (χ4v) is 0.387. The highest BCUT2D eigenvalue weighted by atomic mass is 32.1. The van der Waals surface area contributed by atoms with Gasteiger partial charge in [-0.3, -0.25) is 0 Å². The molecule has 0 fully saturated rings. The van der Waals surface area contributed by atoms with E-state index >= 15 is 0 Å². The lowest BCUT2D eigenvalue weighted by atomic mass is 10.6. The van der Waals surface area contributed by atoms with E-state index in [9.17, 15) is 0 Å². The summed E-state index contributed by atoms with van der Waals surface area (Å²) in [5, 5.41) is 0.486. The van der Waals surface area contributed by atoms with Gasteiger partial charge in [-0.2, -0.15) is 0 Å². The molecule has 1 radical (unpaired) electrons. The number of oxazole rings is 1. The van der Waals surface area contributed by atoms with Crippen molar-refractivity contribution >= 4 is 12.6 Å². The maximum Gasteiger partial charge on any atom is 0.213 e. The van der Waals surface area contributed by atoms with Crippen LogP contribution in [0.3, 0.4) is 0 Å². The molecule has 1 aromatic rings. The zero-order chi connectivity index (χ0) is 5.28. The van der Waals surface area contributed by atoms with E-state index in [4.69, 9.17) is 0 Å². The highest BCUT2D eigenvalue weighted by Crippen LogP contribution is 2.07. The molecule has 0 spiro atoms. The van der Waals surface area contributed by atoms with Gasteiger partial charge in [0.25, 0.3) is 0 Å². The maximum atomic E-state index is 4.67. The number of rotatable bonds is 0. The van der Waals surface area contributed by atoms with Crippen molar-refractivity contribution in [3.8, 4) is 0 Å². The van der Waals surface area contributed by atoms with E-state index in [0.717, 1.165) is 5.69 Å². The third-order valence-corrected chi connectivity index (χ3v) is 1.09. The number of hydrogen-bond acceptors (Lipinski definition) is 2. The molecular formula is C4H4NOS. The van der Waals surface area contributed by atoms with Gasteiger partial charge in [0.05, 0.1) is 5.69 Å². The van der Waals surface area contributed by atoms with Crippen molar-refractivity contribution in [2.45, 2.75) is 12.0 Å². The van der Waals surface area contributed by atoms with Crippen LogP contribution in [0.1, 0.15) is 5.69 Å². The molecule has 0 aromatic carbocycles. The first-order valence-corrected chi connectivity index (χ1v) is 2.28. The molecule has 2 nitrogen and oxygen atoms in total. The van der Waals surface area contributed by atoms with Crippen molar-refractivity contribution in [3.05, 3.63) is 12.1 Å². The van der Waals surface area contributed by atoms with E-state index in [1.807, 2.05) is 6.92 Å². The molecule has 0 saturated heterocycles. The van der Waals surface area contributed by atoms with Gasteiger partial charge in [0.15, 0.2) is 6.39 Å². The minimum absolute atomic E-state index is 0.486. The predicted molar refractivity (Wildman–Crippen MR) is 27.1 cm³/mol. The van der Waals surface area contributed by atoms with Gasteiger partial charge in [0, 0.05) is 0 Å². The van der Waals surface area contributed by atoms with Crippen LogP contribution in [0.25, 0.3) is 0 Å². The summed E-state index contributed by atoms with van der Waals surface area (Å²) >= 11 is 4.66. The Kier molecular flexibility index (Phi) is 0.982. The summed E-state index contributed by atoms with van der Waals surface area (Å²) in [4.78, 5) is 3.75. The summed E-state index contributed by atoms with van der Waals surface area (Å²) in [5.74, 6) is 0. The standard InChI is InChI=1S/C4H4NOS/c1-3-4(7)6-2-5-3/h2H,1H3. The van der Waals surface area contributed by atoms with E-state index in [1.54, 1.807) is 0 Å². The normalized spacial score (nSPS) is 9.29. The van der Waals surface area contributed by atoms with Gasteiger partial charge < -0.3 is 4.42 Å². The molecular weight excluding hydrogens is 110 g/mol. The zero-order valence-electron chi connectivity index (χ0n) is 3.84. The SMILES string of the molecule is Cc1ncoc1[S]. The molecule has 0 aliphatic rings. The molecule has 0 aliphatic carbocycles. The average molecular weight is 114 g/mol. The minimum atomic E-state index is 0.486. The van der Waals surface area contributed by atoms with Gasteiger partial charge in [-0.25, -0.2) is 4.98 Å². The Balaban J connectivity index is 3.12. The Morgan fingerprint density at radius 2 is 2.57 bits per heavy atom. The first-order chi connectivity index (χ1) is 3.30. The van der Waals surface area contributed by atoms with Crippen molar-refractivity contribution in [2.75, 3.05) is 0 Å². The van der Waals surface area contributed by atoms with E-state index in [0.29, 0.717) is 5.09 Å². The van der Waals surface area contributed by atoms with Crippen LogP contribution in [0.15, 0.2) is 15.9 Å². The Bertz CT molecular complexity index is 144. The molecule has 0 amide bonds. The maximum absolute atomic E-state index is 4.67. The van der Waals surface area contributed by atoms with Gasteiger partial charge in [-0.1, -0.05) is 0 Å². The molecule has 37 valence electrons. The topological polar surface area (TPSA) is 26.0 Å². The molecule has 0 N–H and O–H groups in total. The second-order valence-electron chi connectivity index (χ2n) is 1.23. The van der Waals surface area contributed by atoms with Crippen molar-refractivity contribution < 1.29 is 4.42 Å². The Labute approximate surface area is 47.0 Å². The number of aryl methyl sites for hydroxylation is 1. The lowest BCUT2D eigenvalue weighted by Crippen LogP contribution is -1.65. The molecule has 1 heterocycles. The van der Waals surface area contributed by atoms with Gasteiger partial charge in [-0.15, -0.1) is 0 Å². The van der Waals surface area contributed by atoms with Crippen LogP contribution in [0.2, 0.25) is 0 Å². The predicted octanol–water partition coefficient (Wildman–Crippen LogP) is 1.54. The summed E-state index contributed by atoms with van der Waals surface area (Å²) in [5.41, 5.74) is 0.787. The lowest BCUT2D eigenvalue weighted by Gasteiger charge is -1.73. The van der Waals surface area contributed by atoms with Gasteiger partial charge in [-0.05, 0) is 19.6 Å². The molecule has 1 rings (SSSR count). The van der Waals surface area contributed by atoms with Gasteiger partial charge in [0.2, 0.25) is 5.09 Å². The smallest absolute Gasteiger partial charge is 0.213 e. The fraction of sp³-hybridized carbons (Fsp3) is 0.250. The molecule has 0 saturated carbocycles. The largest absolute Gasteiger partial charge is 0.432 e. The molecule has 1 aromatic heterocycles. The van der Waals surface area contributed by atoms with E-state index in [2.05, 4.69) is 22.0 Å². The molecule has 0 unspecified atom stereocenters. The third-order valence-electron chi connectivity index (χ3n) is 0.702. The number of aromatic nitrogens is 1. The average Bonchev–Trinajstić information content (AvgIpc) is 1.91. The zero-order valence-corrected chi connectivity index (χ0v) is 4.66. The number of hydrogen-bond donors (Lipinski definition) is 0. The summed E-state index contributed by atoms with van der Waals surface area (Å²) < 4.78 is 4.67. The van der Waals surface area contributed by atoms with Crippen LogP contribution in [-0.4, -0.2) is 4.98 Å². The van der Waals surface area contributed by atoms with Crippen LogP contribution in [-0.2, 0) is 0 Å². The van der Waals surface area contributed by atoms with E-state index in [1.165, 1.54) is 6.39 Å². The summed E-state index contributed by atoms with van der Waals surface area (Å²) in [7, 11) is 0. The molecule has 0 bridgehead atoms. The number of nitrogens with zero attached hydrogens (tertiary/aromatic N) is 1. The quantitative estimate of drug-likeness (QED) is 0.511. The first kappa shape index (κ1) is 4.59. The Morgan fingerprint density at radius 3 is 2.71 bits per heavy atom. The highest BCUT2D eigenvalue weighted by molar-refractivity contribution is 7.80. The van der Waals surface area contributed by atoms with Crippen LogP contribution >= 0.6 is 12.6 Å².